The minimum atomic E-state index is -1.28. The third-order valence-corrected chi connectivity index (χ3v) is 10.1. The number of aromatic nitrogens is 1. The number of pyridine rings is 1. The molecule has 3 N–H and O–H groups in total. The summed E-state index contributed by atoms with van der Waals surface area (Å²) in [6.07, 6.45) is 8.32. The Morgan fingerprint density at radius 1 is 1.33 bits per heavy atom. The van der Waals surface area contributed by atoms with Gasteiger partial charge in [-0.2, -0.15) is 0 Å². The van der Waals surface area contributed by atoms with Gasteiger partial charge in [0, 0.05) is 47.3 Å². The van der Waals surface area contributed by atoms with E-state index >= 15 is 0 Å². The molecule has 2 fully saturated rings. The molecule has 11 heteroatoms. The Hall–Kier alpha value is -3.76. The Balaban J connectivity index is 1.29. The molecule has 4 aliphatic rings. The van der Waals surface area contributed by atoms with Crippen molar-refractivity contribution in [3.63, 3.8) is 0 Å². The molecule has 1 aliphatic carbocycles. The fourth-order valence-corrected chi connectivity index (χ4v) is 7.52. The zero-order valence-electron chi connectivity index (χ0n) is 24.9. The number of alkyl halides is 1. The monoisotopic (exact) mass is 648 g/mol. The first-order valence-corrected chi connectivity index (χ1v) is 16.4. The molecule has 4 heterocycles. The third kappa shape index (κ3) is 6.35. The van der Waals surface area contributed by atoms with E-state index in [2.05, 4.69) is 27.1 Å². The van der Waals surface area contributed by atoms with Gasteiger partial charge in [0.25, 0.3) is 0 Å². The number of amidine groups is 1. The number of nitrogens with zero attached hydrogens (tertiary/aromatic N) is 3. The molecule has 234 valence electrons. The quantitative estimate of drug-likeness (QED) is 0.185. The number of rotatable bonds is 11. The van der Waals surface area contributed by atoms with Crippen molar-refractivity contribution in [3.8, 4) is 0 Å². The molecule has 2 aromatic rings. The molecule has 0 spiro atoms. The number of allylic oxidation sites excluding steroid dienone is 3. The topological polar surface area (TPSA) is 93.5 Å². The maximum Gasteiger partial charge on any atom is 0.232 e. The number of carbonyl (C=O) groups is 1. The Labute approximate surface area is 271 Å². The van der Waals surface area contributed by atoms with Gasteiger partial charge in [-0.3, -0.25) is 14.8 Å². The summed E-state index contributed by atoms with van der Waals surface area (Å²) in [6.45, 7) is 6.79. The smallest absolute Gasteiger partial charge is 0.232 e. The van der Waals surface area contributed by atoms with Crippen molar-refractivity contribution < 1.29 is 13.6 Å². The maximum atomic E-state index is 14.1. The standard InChI is InChI=1S/C34H35ClF2N6OS/c1-20-10-16-45-31(20)32-42-30(24-7-6-23(37)18-25(24)35)29(26(38)9-15-39-21(2)36)27-17-22(19-43(27)32)8-14-41-33(44)34(11-12-34)28-5-3-4-13-40-28/h3-7,9-10,13,15-16,18,21-22,30-31,38-39H,1,8,11-12,14,17,19H2,2H3,(H,41,44)/b15-9-,38-26?/t21?,22?,30-,31?/m0/s1. The van der Waals surface area contributed by atoms with Gasteiger partial charge in [0.05, 0.1) is 22.1 Å². The summed E-state index contributed by atoms with van der Waals surface area (Å²) in [4.78, 5) is 25.0. The second kappa shape index (κ2) is 12.9. The van der Waals surface area contributed by atoms with Gasteiger partial charge in [-0.15, -0.1) is 11.8 Å². The fraction of sp³-hybridized carbons (Fsp3) is 0.353. The summed E-state index contributed by atoms with van der Waals surface area (Å²) in [5.74, 6) is 0.529. The van der Waals surface area contributed by atoms with Crippen LogP contribution in [-0.2, 0) is 10.2 Å². The Bertz CT molecular complexity index is 1630. The van der Waals surface area contributed by atoms with Crippen LogP contribution in [0.15, 0.2) is 94.8 Å². The van der Waals surface area contributed by atoms with E-state index in [0.717, 1.165) is 42.1 Å². The summed E-state index contributed by atoms with van der Waals surface area (Å²) >= 11 is 8.21. The average molecular weight is 649 g/mol. The van der Waals surface area contributed by atoms with Crippen molar-refractivity contribution in [2.24, 2.45) is 10.9 Å². The zero-order chi connectivity index (χ0) is 31.7. The van der Waals surface area contributed by atoms with Crippen LogP contribution in [0, 0.1) is 17.1 Å². The van der Waals surface area contributed by atoms with E-state index in [1.807, 2.05) is 29.7 Å². The second-order valence-electron chi connectivity index (χ2n) is 11.9. The fourth-order valence-electron chi connectivity index (χ4n) is 6.27. The summed E-state index contributed by atoms with van der Waals surface area (Å²) < 4.78 is 27.6. The number of halogens is 3. The van der Waals surface area contributed by atoms with Gasteiger partial charge in [0.15, 0.2) is 6.30 Å². The Morgan fingerprint density at radius 3 is 2.82 bits per heavy atom. The number of hydrogen-bond acceptors (Lipinski definition) is 7. The molecular weight excluding hydrogens is 614 g/mol. The highest BCUT2D eigenvalue weighted by Crippen LogP contribution is 2.48. The van der Waals surface area contributed by atoms with E-state index in [4.69, 9.17) is 22.0 Å². The van der Waals surface area contributed by atoms with Gasteiger partial charge in [-0.05, 0) is 79.8 Å². The molecule has 3 unspecified atom stereocenters. The van der Waals surface area contributed by atoms with Crippen LogP contribution >= 0.6 is 23.4 Å². The molecular formula is C34H35ClF2N6OS. The van der Waals surface area contributed by atoms with E-state index in [1.54, 1.807) is 24.0 Å². The maximum absolute atomic E-state index is 14.1. The van der Waals surface area contributed by atoms with Crippen LogP contribution in [0.1, 0.15) is 49.9 Å². The molecule has 1 saturated carbocycles. The second-order valence-corrected chi connectivity index (χ2v) is 13.3. The first-order chi connectivity index (χ1) is 21.7. The lowest BCUT2D eigenvalue weighted by atomic mass is 9.89. The number of hydrogen-bond donors (Lipinski definition) is 3. The Kier molecular flexibility index (Phi) is 8.97. The van der Waals surface area contributed by atoms with Crippen molar-refractivity contribution in [2.75, 3.05) is 13.1 Å². The van der Waals surface area contributed by atoms with Gasteiger partial charge >= 0.3 is 0 Å². The number of nitrogens with one attached hydrogen (secondary N) is 3. The lowest BCUT2D eigenvalue weighted by Gasteiger charge is -2.36. The van der Waals surface area contributed by atoms with Gasteiger partial charge in [0.1, 0.15) is 17.7 Å². The van der Waals surface area contributed by atoms with Crippen LogP contribution in [0.2, 0.25) is 5.02 Å². The number of fused-ring (bicyclic) bond motifs is 1. The molecule has 45 heavy (non-hydrogen) atoms. The number of aliphatic imine (C=N–C) groups is 1. The summed E-state index contributed by atoms with van der Waals surface area (Å²) in [7, 11) is 0. The lowest BCUT2D eigenvalue weighted by Crippen LogP contribution is -2.40. The minimum Gasteiger partial charge on any atom is -0.362 e. The first-order valence-electron chi connectivity index (χ1n) is 15.1. The van der Waals surface area contributed by atoms with Crippen molar-refractivity contribution in [1.29, 1.82) is 5.41 Å². The van der Waals surface area contributed by atoms with Gasteiger partial charge in [0.2, 0.25) is 5.91 Å². The predicted molar refractivity (Wildman–Crippen MR) is 176 cm³/mol. The van der Waals surface area contributed by atoms with Crippen molar-refractivity contribution in [1.82, 2.24) is 20.5 Å². The normalized spacial score (nSPS) is 24.1. The van der Waals surface area contributed by atoms with Gasteiger partial charge in [-0.1, -0.05) is 36.4 Å². The molecule has 1 saturated heterocycles. The Morgan fingerprint density at radius 2 is 2.16 bits per heavy atom. The van der Waals surface area contributed by atoms with E-state index in [9.17, 15) is 13.6 Å². The SMILES string of the molecule is C=C1C=CSC1C1=N[C@@H](c2ccc(F)cc2Cl)C(C(=N)/C=C\NC(C)F)=C2CC(CCNC(=O)C3(c4ccccn4)CC3)CN12. The van der Waals surface area contributed by atoms with E-state index in [-0.39, 0.29) is 27.8 Å². The molecule has 4 atom stereocenters. The molecule has 0 radical (unpaired) electrons. The lowest BCUT2D eigenvalue weighted by molar-refractivity contribution is -0.123. The largest absolute Gasteiger partial charge is 0.362 e. The average Bonchev–Trinajstić information content (AvgIpc) is 3.55. The van der Waals surface area contributed by atoms with Gasteiger partial charge in [-0.25, -0.2) is 8.78 Å². The third-order valence-electron chi connectivity index (χ3n) is 8.74. The summed E-state index contributed by atoms with van der Waals surface area (Å²) in [5.41, 5.74) is 3.51. The molecule has 1 amide bonds. The number of amides is 1. The van der Waals surface area contributed by atoms with E-state index in [1.165, 1.54) is 31.3 Å². The predicted octanol–water partition coefficient (Wildman–Crippen LogP) is 6.77. The van der Waals surface area contributed by atoms with Crippen LogP contribution in [0.3, 0.4) is 0 Å². The number of benzene rings is 1. The molecule has 0 bridgehead atoms. The number of thioether (sulfide) groups is 1. The van der Waals surface area contributed by atoms with Crippen molar-refractivity contribution in [3.05, 3.63) is 112 Å². The van der Waals surface area contributed by atoms with Gasteiger partial charge < -0.3 is 20.9 Å². The summed E-state index contributed by atoms with van der Waals surface area (Å²) in [5, 5.41) is 16.9. The molecule has 6 rings (SSSR count). The molecule has 3 aliphatic heterocycles. The zero-order valence-corrected chi connectivity index (χ0v) is 26.5. The minimum absolute atomic E-state index is 0.0105. The molecule has 1 aromatic heterocycles. The van der Waals surface area contributed by atoms with Crippen molar-refractivity contribution >= 4 is 40.8 Å². The molecule has 7 nitrogen and oxygen atoms in total. The van der Waals surface area contributed by atoms with Crippen LogP contribution in [-0.4, -0.2) is 52.0 Å². The highest BCUT2D eigenvalue weighted by atomic mass is 35.5. The number of carbonyl (C=O) groups excluding carboxylic acids is 1. The molecule has 1 aromatic carbocycles. The van der Waals surface area contributed by atoms with E-state index < -0.39 is 23.6 Å². The van der Waals surface area contributed by atoms with Crippen LogP contribution in [0.25, 0.3) is 0 Å². The first kappa shape index (κ1) is 31.2. The van der Waals surface area contributed by atoms with Crippen LogP contribution in [0.4, 0.5) is 8.78 Å². The van der Waals surface area contributed by atoms with Crippen LogP contribution < -0.4 is 10.6 Å². The van der Waals surface area contributed by atoms with Crippen LogP contribution in [0.5, 0.6) is 0 Å². The highest BCUT2D eigenvalue weighted by Gasteiger charge is 2.52. The summed E-state index contributed by atoms with van der Waals surface area (Å²) in [6, 6.07) is 9.23. The van der Waals surface area contributed by atoms with E-state index in [0.29, 0.717) is 30.6 Å². The highest BCUT2D eigenvalue weighted by molar-refractivity contribution is 8.03. The van der Waals surface area contributed by atoms with Crippen molar-refractivity contribution in [2.45, 2.75) is 55.6 Å².